The summed E-state index contributed by atoms with van der Waals surface area (Å²) in [6, 6.07) is 17.8. The van der Waals surface area contributed by atoms with E-state index >= 15 is 0 Å². The van der Waals surface area contributed by atoms with Gasteiger partial charge in [0.05, 0.1) is 29.3 Å². The lowest BCUT2D eigenvalue weighted by Crippen LogP contribution is -2.49. The minimum atomic E-state index is -0.186. The Morgan fingerprint density at radius 1 is 1.02 bits per heavy atom. The van der Waals surface area contributed by atoms with E-state index in [1.165, 1.54) is 0 Å². The summed E-state index contributed by atoms with van der Waals surface area (Å²) >= 11 is 0. The van der Waals surface area contributed by atoms with Crippen LogP contribution in [-0.2, 0) is 18.3 Å². The average molecular weight is 672 g/mol. The fourth-order valence-electron chi connectivity index (χ4n) is 6.80. The van der Waals surface area contributed by atoms with Crippen LogP contribution >= 0.6 is 0 Å². The van der Waals surface area contributed by atoms with Crippen LogP contribution in [-0.4, -0.2) is 59.2 Å². The van der Waals surface area contributed by atoms with Crippen molar-refractivity contribution in [3.63, 3.8) is 0 Å². The molecule has 2 N–H and O–H groups in total. The fourth-order valence-corrected chi connectivity index (χ4v) is 6.80. The summed E-state index contributed by atoms with van der Waals surface area (Å²) in [5, 5.41) is 25.5. The Bertz CT molecular complexity index is 1950. The van der Waals surface area contributed by atoms with Crippen LogP contribution < -0.4 is 15.5 Å². The molecule has 1 saturated heterocycles. The zero-order valence-corrected chi connectivity index (χ0v) is 28.4. The molecule has 4 aromatic heterocycles. The number of carbonyl (C=O) groups excluding carboxylic acids is 1. The molecule has 1 aromatic carbocycles. The lowest BCUT2D eigenvalue weighted by Gasteiger charge is -2.36. The summed E-state index contributed by atoms with van der Waals surface area (Å²) in [6.45, 7) is 3.04. The zero-order chi connectivity index (χ0) is 34.5. The molecule has 2 aliphatic rings. The molecule has 1 aliphatic heterocycles. The Balaban J connectivity index is 1.07. The molecule has 0 radical (unpaired) electrons. The Hall–Kier alpha value is -5.61. The number of hydrogen-bond acceptors (Lipinski definition) is 9. The molecule has 5 aromatic rings. The van der Waals surface area contributed by atoms with Crippen molar-refractivity contribution < 1.29 is 9.53 Å². The summed E-state index contributed by atoms with van der Waals surface area (Å²) in [4.78, 5) is 29.7. The van der Waals surface area contributed by atoms with Crippen LogP contribution in [0.2, 0.25) is 0 Å². The van der Waals surface area contributed by atoms with Crippen LogP contribution in [0.3, 0.4) is 0 Å². The number of nitrogens with one attached hydrogen (secondary N) is 2. The maximum Gasteiger partial charge on any atom is 0.323 e. The number of ether oxygens (including phenoxy) is 1. The van der Waals surface area contributed by atoms with Gasteiger partial charge in [-0.2, -0.15) is 15.5 Å². The molecule has 13 heteroatoms. The third-order valence-electron chi connectivity index (χ3n) is 9.37. The molecule has 2 fully saturated rings. The van der Waals surface area contributed by atoms with E-state index in [1.807, 2.05) is 73.4 Å². The Morgan fingerprint density at radius 3 is 2.56 bits per heavy atom. The number of hydrogen-bond donors (Lipinski definition) is 2. The second-order valence-corrected chi connectivity index (χ2v) is 13.0. The highest BCUT2D eigenvalue weighted by Gasteiger charge is 2.32. The van der Waals surface area contributed by atoms with Gasteiger partial charge in [-0.05, 0) is 75.6 Å². The van der Waals surface area contributed by atoms with E-state index in [9.17, 15) is 10.1 Å². The van der Waals surface area contributed by atoms with E-state index in [2.05, 4.69) is 26.8 Å². The SMILES string of the molecule is Cc1cc(-c2nc(N[C@H]3CC[C@H](N(C(=O)NCc4ccccc4)c4ccc(-c5cnn(C)c5)cn4)CC3)ncc2C#N)n(C2CCCCO2)n1. The summed E-state index contributed by atoms with van der Waals surface area (Å²) in [5.74, 6) is 1.07. The minimum absolute atomic E-state index is 0.0502. The van der Waals surface area contributed by atoms with Crippen molar-refractivity contribution in [1.82, 2.24) is 39.8 Å². The molecular weight excluding hydrogens is 630 g/mol. The molecule has 1 aliphatic carbocycles. The van der Waals surface area contributed by atoms with Gasteiger partial charge in [0.15, 0.2) is 6.23 Å². The monoisotopic (exact) mass is 671 g/mol. The number of pyridine rings is 1. The van der Waals surface area contributed by atoms with E-state index in [0.717, 1.165) is 73.0 Å². The van der Waals surface area contributed by atoms with Crippen LogP contribution in [0.5, 0.6) is 0 Å². The molecule has 1 saturated carbocycles. The lowest BCUT2D eigenvalue weighted by molar-refractivity contribution is -0.0385. The fraction of sp³-hybridized carbons (Fsp3) is 0.378. The Kier molecular flexibility index (Phi) is 9.79. The summed E-state index contributed by atoms with van der Waals surface area (Å²) < 4.78 is 9.64. The molecule has 0 bridgehead atoms. The minimum Gasteiger partial charge on any atom is -0.356 e. The van der Waals surface area contributed by atoms with Gasteiger partial charge in [0, 0.05) is 55.8 Å². The van der Waals surface area contributed by atoms with Crippen LogP contribution in [0.4, 0.5) is 16.6 Å². The normalized spacial score (nSPS) is 19.0. The molecule has 0 spiro atoms. The van der Waals surface area contributed by atoms with E-state index in [-0.39, 0.29) is 24.3 Å². The maximum atomic E-state index is 13.8. The Labute approximate surface area is 291 Å². The second kappa shape index (κ2) is 14.9. The average Bonchev–Trinajstić information content (AvgIpc) is 3.78. The number of nitriles is 1. The smallest absolute Gasteiger partial charge is 0.323 e. The van der Waals surface area contributed by atoms with Gasteiger partial charge in [-0.15, -0.1) is 0 Å². The standard InChI is InChI=1S/C37H41N11O2/c1-25-18-32(48(45-25)34-10-6-7-17-50-34)35-28(19-38)22-40-36(44-35)43-30-12-14-31(15-13-30)47(37(49)41-20-26-8-4-3-5-9-26)33-16-11-27(21-39-33)29-23-42-46(2)24-29/h3-5,8-9,11,16,18,21-24,30-31,34H,6-7,10,12-15,17,20H2,1-2H3,(H,41,49)(H,40,43,44)/t30-,31-,34?. The summed E-state index contributed by atoms with van der Waals surface area (Å²) in [5.41, 5.74) is 5.44. The van der Waals surface area contributed by atoms with Gasteiger partial charge in [0.1, 0.15) is 17.6 Å². The molecule has 50 heavy (non-hydrogen) atoms. The van der Waals surface area contributed by atoms with Gasteiger partial charge in [0.25, 0.3) is 0 Å². The van der Waals surface area contributed by atoms with Gasteiger partial charge in [-0.25, -0.2) is 24.4 Å². The van der Waals surface area contributed by atoms with Crippen molar-refractivity contribution in [2.75, 3.05) is 16.8 Å². The van der Waals surface area contributed by atoms with Crippen molar-refractivity contribution in [2.24, 2.45) is 7.05 Å². The highest BCUT2D eigenvalue weighted by atomic mass is 16.5. The molecule has 13 nitrogen and oxygen atoms in total. The highest BCUT2D eigenvalue weighted by molar-refractivity contribution is 5.91. The van der Waals surface area contributed by atoms with Gasteiger partial charge in [0.2, 0.25) is 5.95 Å². The number of benzene rings is 1. The molecule has 7 rings (SSSR count). The predicted molar refractivity (Wildman–Crippen MR) is 189 cm³/mol. The first-order valence-corrected chi connectivity index (χ1v) is 17.2. The van der Waals surface area contributed by atoms with Crippen LogP contribution in [0.1, 0.15) is 68.0 Å². The van der Waals surface area contributed by atoms with E-state index in [0.29, 0.717) is 36.2 Å². The number of amides is 2. The van der Waals surface area contributed by atoms with E-state index in [4.69, 9.17) is 19.8 Å². The van der Waals surface area contributed by atoms with Gasteiger partial charge < -0.3 is 15.4 Å². The van der Waals surface area contributed by atoms with E-state index < -0.39 is 0 Å². The van der Waals surface area contributed by atoms with Crippen molar-refractivity contribution in [3.8, 4) is 28.6 Å². The van der Waals surface area contributed by atoms with Crippen molar-refractivity contribution in [1.29, 1.82) is 5.26 Å². The van der Waals surface area contributed by atoms with Crippen molar-refractivity contribution in [2.45, 2.75) is 76.7 Å². The van der Waals surface area contributed by atoms with Gasteiger partial charge >= 0.3 is 6.03 Å². The summed E-state index contributed by atoms with van der Waals surface area (Å²) in [6.07, 6.45) is 13.0. The first-order chi connectivity index (χ1) is 24.4. The molecule has 2 amide bonds. The van der Waals surface area contributed by atoms with Crippen LogP contribution in [0, 0.1) is 18.3 Å². The van der Waals surface area contributed by atoms with Gasteiger partial charge in [-0.3, -0.25) is 9.58 Å². The topological polar surface area (TPSA) is 152 Å². The number of urea groups is 1. The first-order valence-electron chi connectivity index (χ1n) is 17.2. The highest BCUT2D eigenvalue weighted by Crippen LogP contribution is 2.32. The first kappa shape index (κ1) is 32.9. The molecule has 5 heterocycles. The number of aromatic nitrogens is 7. The predicted octanol–water partition coefficient (Wildman–Crippen LogP) is 6.15. The molecular formula is C37H41N11O2. The second-order valence-electron chi connectivity index (χ2n) is 13.0. The molecule has 1 unspecified atom stereocenters. The largest absolute Gasteiger partial charge is 0.356 e. The number of carbonyl (C=O) groups is 1. The third-order valence-corrected chi connectivity index (χ3v) is 9.37. The van der Waals surface area contributed by atoms with Crippen LogP contribution in [0.25, 0.3) is 22.5 Å². The quantitative estimate of drug-likeness (QED) is 0.188. The number of anilines is 2. The van der Waals surface area contributed by atoms with E-state index in [1.54, 1.807) is 28.2 Å². The molecule has 1 atom stereocenters. The third kappa shape index (κ3) is 7.35. The van der Waals surface area contributed by atoms with Crippen LogP contribution in [0.15, 0.2) is 73.3 Å². The maximum absolute atomic E-state index is 13.8. The number of aryl methyl sites for hydroxylation is 2. The van der Waals surface area contributed by atoms with Crippen molar-refractivity contribution in [3.05, 3.63) is 90.1 Å². The molecule has 256 valence electrons. The van der Waals surface area contributed by atoms with Crippen molar-refractivity contribution >= 4 is 17.8 Å². The lowest BCUT2D eigenvalue weighted by atomic mass is 9.90. The zero-order valence-electron chi connectivity index (χ0n) is 28.4. The number of nitrogens with zero attached hydrogens (tertiary/aromatic N) is 9. The van der Waals surface area contributed by atoms with Gasteiger partial charge in [-0.1, -0.05) is 30.3 Å². The number of rotatable bonds is 9. The summed E-state index contributed by atoms with van der Waals surface area (Å²) in [7, 11) is 1.88. The Morgan fingerprint density at radius 2 is 1.86 bits per heavy atom.